The molecule has 3 aliphatic rings. The van der Waals surface area contributed by atoms with Gasteiger partial charge in [-0.1, -0.05) is 163 Å². The molecular weight excluding hydrogens is 840 g/mol. The van der Waals surface area contributed by atoms with Gasteiger partial charge in [-0.3, -0.25) is 0 Å². The van der Waals surface area contributed by atoms with Crippen LogP contribution in [-0.2, 0) is 27.1 Å². The molecule has 7 aromatic carbocycles. The van der Waals surface area contributed by atoms with Crippen molar-refractivity contribution in [2.75, 3.05) is 9.71 Å². The fourth-order valence-corrected chi connectivity index (χ4v) is 11.9. The van der Waals surface area contributed by atoms with Gasteiger partial charge in [0.25, 0.3) is 0 Å². The first-order chi connectivity index (χ1) is 32.6. The van der Waals surface area contributed by atoms with Gasteiger partial charge in [0, 0.05) is 39.0 Å². The van der Waals surface area contributed by atoms with E-state index in [0.717, 1.165) is 74.2 Å². The van der Waals surface area contributed by atoms with Crippen molar-refractivity contribution in [1.29, 1.82) is 0 Å². The lowest BCUT2D eigenvalue weighted by Crippen LogP contribution is -2.61. The molecule has 4 nitrogen and oxygen atoms in total. The maximum Gasteiger partial charge on any atom is 0.375 e. The molecule has 0 atom stereocenters. The lowest BCUT2D eigenvalue weighted by molar-refractivity contribution is 0.332. The van der Waals surface area contributed by atoms with E-state index in [1.165, 1.54) is 61.2 Å². The second kappa shape index (κ2) is 14.5. The Bertz CT molecular complexity index is 3570. The third-order valence-electron chi connectivity index (χ3n) is 16.2. The van der Waals surface area contributed by atoms with Crippen molar-refractivity contribution in [2.24, 2.45) is 0 Å². The van der Waals surface area contributed by atoms with Gasteiger partial charge in [0.1, 0.15) is 22.4 Å². The molecule has 12 rings (SSSR count). The largest absolute Gasteiger partial charge is 0.466 e. The van der Waals surface area contributed by atoms with E-state index in [1.54, 1.807) is 0 Å². The number of fused-ring (bicyclic) bond motifs is 11. The Kier molecular flexibility index (Phi) is 9.23. The maximum absolute atomic E-state index is 7.76. The molecule has 2 aromatic heterocycles. The first-order valence-corrected chi connectivity index (χ1v) is 25.2. The number of hydrogen-bond acceptors (Lipinski definition) is 4. The summed E-state index contributed by atoms with van der Waals surface area (Å²) in [5, 5.41) is 3.39. The number of benzene rings is 7. The third-order valence-corrected chi connectivity index (χ3v) is 16.2. The zero-order valence-corrected chi connectivity index (χ0v) is 42.9. The van der Waals surface area contributed by atoms with E-state index < -0.39 is 0 Å². The van der Waals surface area contributed by atoms with Gasteiger partial charge in [0.05, 0.1) is 16.8 Å². The molecule has 0 radical (unpaired) electrons. The minimum Gasteiger partial charge on any atom is -0.466 e. The predicted octanol–water partition coefficient (Wildman–Crippen LogP) is 16.9. The fraction of sp³-hybridized carbons (Fsp3) is 0.312. The van der Waals surface area contributed by atoms with Crippen LogP contribution in [0.15, 0.2) is 142 Å². The van der Waals surface area contributed by atoms with E-state index in [0.29, 0.717) is 0 Å². The van der Waals surface area contributed by atoms with Crippen LogP contribution >= 0.6 is 0 Å². The standard InChI is InChI=1S/C64H65BN2O2/c1-60(2,3)39-23-26-42(27-24-39)67-57-43(28-30-53-55(57)44-21-17-18-22-52(44)68-53)46-34-41(62(7,8)9)35-51-56(46)65(67)59-58(47-36-48-49(37-54(47)69-59)64(12,13)32-31-63(48,10)11)66(51)50-29-25-40(61(4,5)6)33-45(50)38-19-15-14-16-20-38/h14-30,33-37H,31-32H2,1-13H3. The Balaban J connectivity index is 1.28. The Morgan fingerprint density at radius 2 is 1.10 bits per heavy atom. The molecule has 0 fully saturated rings. The molecular formula is C64H65BN2O2. The van der Waals surface area contributed by atoms with Gasteiger partial charge in [-0.25, -0.2) is 0 Å². The van der Waals surface area contributed by atoms with Crippen molar-refractivity contribution in [3.63, 3.8) is 0 Å². The van der Waals surface area contributed by atoms with Gasteiger partial charge >= 0.3 is 6.85 Å². The summed E-state index contributed by atoms with van der Waals surface area (Å²) in [5.74, 6) is 0. The molecule has 0 saturated carbocycles. The molecule has 0 N–H and O–H groups in total. The first kappa shape index (κ1) is 43.8. The summed E-state index contributed by atoms with van der Waals surface area (Å²) >= 11 is 0. The molecule has 2 aliphatic heterocycles. The quantitative estimate of drug-likeness (QED) is 0.165. The Morgan fingerprint density at radius 3 is 1.78 bits per heavy atom. The highest BCUT2D eigenvalue weighted by Gasteiger charge is 2.51. The molecule has 346 valence electrons. The molecule has 69 heavy (non-hydrogen) atoms. The molecule has 9 aromatic rings. The van der Waals surface area contributed by atoms with Crippen LogP contribution in [0, 0.1) is 0 Å². The zero-order valence-electron chi connectivity index (χ0n) is 42.9. The van der Waals surface area contributed by atoms with E-state index in [1.807, 2.05) is 0 Å². The lowest BCUT2D eigenvalue weighted by atomic mass is 9.45. The first-order valence-electron chi connectivity index (χ1n) is 25.2. The van der Waals surface area contributed by atoms with Crippen molar-refractivity contribution in [2.45, 2.75) is 130 Å². The number of anilines is 5. The summed E-state index contributed by atoms with van der Waals surface area (Å²) in [6.45, 7) is 30.3. The number of furan rings is 2. The van der Waals surface area contributed by atoms with Crippen LogP contribution in [0.2, 0.25) is 0 Å². The van der Waals surface area contributed by atoms with Crippen LogP contribution in [0.1, 0.15) is 131 Å². The summed E-state index contributed by atoms with van der Waals surface area (Å²) in [5.41, 5.74) is 21.9. The second-order valence-electron chi connectivity index (χ2n) is 24.9. The van der Waals surface area contributed by atoms with Crippen LogP contribution in [0.3, 0.4) is 0 Å². The third kappa shape index (κ3) is 6.62. The summed E-state index contributed by atoms with van der Waals surface area (Å²) < 4.78 is 14.5. The van der Waals surface area contributed by atoms with Gasteiger partial charge in [0.15, 0.2) is 0 Å². The van der Waals surface area contributed by atoms with Crippen molar-refractivity contribution < 1.29 is 8.83 Å². The highest BCUT2D eigenvalue weighted by molar-refractivity contribution is 6.93. The number of nitrogens with zero attached hydrogens (tertiary/aromatic N) is 2. The highest BCUT2D eigenvalue weighted by atomic mass is 16.3. The van der Waals surface area contributed by atoms with Crippen LogP contribution in [0.4, 0.5) is 28.4 Å². The summed E-state index contributed by atoms with van der Waals surface area (Å²) in [7, 11) is 0. The normalized spacial score (nSPS) is 16.2. The summed E-state index contributed by atoms with van der Waals surface area (Å²) in [4.78, 5) is 5.23. The Labute approximate surface area is 409 Å². The molecule has 1 aliphatic carbocycles. The second-order valence-corrected chi connectivity index (χ2v) is 24.9. The van der Waals surface area contributed by atoms with E-state index in [4.69, 9.17) is 8.83 Å². The van der Waals surface area contributed by atoms with Gasteiger partial charge in [-0.05, 0) is 145 Å². The van der Waals surface area contributed by atoms with E-state index in [-0.39, 0.29) is 33.9 Å². The summed E-state index contributed by atoms with van der Waals surface area (Å²) in [6, 6.07) is 50.6. The average molecular weight is 905 g/mol. The Hall–Kier alpha value is -6.46. The fourth-order valence-electron chi connectivity index (χ4n) is 11.9. The number of para-hydroxylation sites is 1. The number of rotatable bonds is 3. The highest BCUT2D eigenvalue weighted by Crippen LogP contribution is 2.56. The molecule has 5 heteroatoms. The molecule has 0 bridgehead atoms. The average Bonchev–Trinajstić information content (AvgIpc) is 3.88. The van der Waals surface area contributed by atoms with Gasteiger partial charge in [-0.15, -0.1) is 0 Å². The van der Waals surface area contributed by atoms with Crippen LogP contribution in [0.5, 0.6) is 0 Å². The predicted molar refractivity (Wildman–Crippen MR) is 294 cm³/mol. The molecule has 0 spiro atoms. The van der Waals surface area contributed by atoms with Gasteiger partial charge in [0.2, 0.25) is 0 Å². The van der Waals surface area contributed by atoms with Crippen molar-refractivity contribution in [3.8, 4) is 22.3 Å². The molecule has 0 amide bonds. The van der Waals surface area contributed by atoms with Crippen LogP contribution < -0.4 is 20.8 Å². The van der Waals surface area contributed by atoms with Crippen molar-refractivity contribution in [3.05, 3.63) is 161 Å². The minimum atomic E-state index is -0.318. The zero-order chi connectivity index (χ0) is 48.3. The SMILES string of the molecule is CC(C)(C)c1ccc(N2B3c4oc5cc6c(cc5c4N(c4ccc(C(C)(C)C)cc4-c4ccccc4)c4cc(C(C)(C)C)cc(c43)-c3ccc4oc5ccccc5c4c32)C(C)(C)CCC6(C)C)cc1. The van der Waals surface area contributed by atoms with Gasteiger partial charge in [-0.2, -0.15) is 0 Å². The number of hydrogen-bond donors (Lipinski definition) is 0. The molecule has 4 heterocycles. The molecule has 0 unspecified atom stereocenters. The van der Waals surface area contributed by atoms with E-state index in [9.17, 15) is 0 Å². The topological polar surface area (TPSA) is 32.8 Å². The van der Waals surface area contributed by atoms with E-state index in [2.05, 4.69) is 233 Å². The van der Waals surface area contributed by atoms with Crippen LogP contribution in [-0.4, -0.2) is 6.85 Å². The van der Waals surface area contributed by atoms with Crippen LogP contribution in [0.25, 0.3) is 55.2 Å². The summed E-state index contributed by atoms with van der Waals surface area (Å²) in [6.07, 6.45) is 2.25. The monoisotopic (exact) mass is 905 g/mol. The Morgan fingerprint density at radius 1 is 0.478 bits per heavy atom. The molecule has 0 saturated heterocycles. The van der Waals surface area contributed by atoms with Gasteiger partial charge < -0.3 is 18.5 Å². The van der Waals surface area contributed by atoms with E-state index >= 15 is 0 Å². The minimum absolute atomic E-state index is 0.00467. The maximum atomic E-state index is 7.76. The smallest absolute Gasteiger partial charge is 0.375 e. The van der Waals surface area contributed by atoms with Crippen molar-refractivity contribution >= 4 is 79.3 Å². The lowest BCUT2D eigenvalue weighted by Gasteiger charge is -2.45. The van der Waals surface area contributed by atoms with Crippen molar-refractivity contribution in [1.82, 2.24) is 0 Å².